The number of aliphatic hydroxyl groups excluding tert-OH is 1. The maximum absolute atomic E-state index is 13.4. The van der Waals surface area contributed by atoms with Crippen LogP contribution in [0.3, 0.4) is 0 Å². The van der Waals surface area contributed by atoms with Gasteiger partial charge in [-0.25, -0.2) is 9.07 Å². The number of anilines is 1. The molecule has 0 saturated carbocycles. The highest BCUT2D eigenvalue weighted by Gasteiger charge is 2.11. The Labute approximate surface area is 149 Å². The number of halogens is 2. The molecule has 3 aromatic rings. The van der Waals surface area contributed by atoms with Gasteiger partial charge in [-0.15, -0.1) is 10.2 Å². The van der Waals surface area contributed by atoms with Crippen LogP contribution in [0.25, 0.3) is 5.82 Å². The third kappa shape index (κ3) is 3.94. The van der Waals surface area contributed by atoms with Gasteiger partial charge in [-0.1, -0.05) is 17.7 Å². The van der Waals surface area contributed by atoms with Crippen LogP contribution in [0.4, 0.5) is 10.2 Å². The first-order valence-corrected chi connectivity index (χ1v) is 8.06. The number of nitrogens with zero attached hydrogens (tertiary/aromatic N) is 4. The normalized spacial score (nSPS) is 12.2. The lowest BCUT2D eigenvalue weighted by Gasteiger charge is -2.13. The molecule has 0 spiro atoms. The maximum atomic E-state index is 13.4. The van der Waals surface area contributed by atoms with Gasteiger partial charge in [0.05, 0.1) is 16.8 Å². The van der Waals surface area contributed by atoms with E-state index in [1.54, 1.807) is 22.9 Å². The highest BCUT2D eigenvalue weighted by Crippen LogP contribution is 2.20. The van der Waals surface area contributed by atoms with E-state index in [-0.39, 0.29) is 11.6 Å². The van der Waals surface area contributed by atoms with Gasteiger partial charge in [0.15, 0.2) is 5.82 Å². The summed E-state index contributed by atoms with van der Waals surface area (Å²) < 4.78 is 15.2. The summed E-state index contributed by atoms with van der Waals surface area (Å²) in [6.07, 6.45) is -0.899. The summed E-state index contributed by atoms with van der Waals surface area (Å²) in [5, 5.41) is 25.7. The van der Waals surface area contributed by atoms with Crippen LogP contribution in [-0.4, -0.2) is 31.6 Å². The predicted octanol–water partition coefficient (Wildman–Crippen LogP) is 3.22. The fraction of sp³-hybridized carbons (Fsp3) is 0.235. The number of nitrogens with one attached hydrogen (secondary N) is 1. The largest absolute Gasteiger partial charge is 0.387 e. The summed E-state index contributed by atoms with van der Waals surface area (Å²) in [6, 6.07) is 9.69. The standard InChI is InChI=1S/C17H17ClFN5O/c1-10-7-11(2)24(23-10)17-6-5-16(21-22-17)20-9-15(25)12-3-4-13(18)14(19)8-12/h3-8,15,25H,9H2,1-2H3,(H,20,21). The van der Waals surface area contributed by atoms with Crippen LogP contribution in [0.2, 0.25) is 5.02 Å². The van der Waals surface area contributed by atoms with Crippen molar-refractivity contribution in [2.45, 2.75) is 20.0 Å². The molecule has 25 heavy (non-hydrogen) atoms. The zero-order chi connectivity index (χ0) is 18.0. The van der Waals surface area contributed by atoms with E-state index in [1.807, 2.05) is 19.9 Å². The van der Waals surface area contributed by atoms with Gasteiger partial charge >= 0.3 is 0 Å². The smallest absolute Gasteiger partial charge is 0.176 e. The van der Waals surface area contributed by atoms with Crippen molar-refractivity contribution in [3.63, 3.8) is 0 Å². The Hall–Kier alpha value is -2.51. The minimum Gasteiger partial charge on any atom is -0.387 e. The van der Waals surface area contributed by atoms with E-state index in [0.29, 0.717) is 17.2 Å². The molecular weight excluding hydrogens is 345 g/mol. The summed E-state index contributed by atoms with van der Waals surface area (Å²) in [5.74, 6) is 0.544. The number of aliphatic hydroxyl groups is 1. The van der Waals surface area contributed by atoms with E-state index in [9.17, 15) is 9.50 Å². The molecule has 3 rings (SSSR count). The molecule has 0 fully saturated rings. The Kier molecular flexibility index (Phi) is 4.96. The molecule has 8 heteroatoms. The van der Waals surface area contributed by atoms with Crippen LogP contribution in [0.5, 0.6) is 0 Å². The quantitative estimate of drug-likeness (QED) is 0.729. The second-order valence-corrected chi connectivity index (χ2v) is 6.09. The molecule has 0 radical (unpaired) electrons. The van der Waals surface area contributed by atoms with Crippen LogP contribution in [0.15, 0.2) is 36.4 Å². The Bertz CT molecular complexity index is 881. The van der Waals surface area contributed by atoms with Crippen LogP contribution < -0.4 is 5.32 Å². The van der Waals surface area contributed by atoms with Crippen LogP contribution >= 0.6 is 11.6 Å². The second kappa shape index (κ2) is 7.16. The number of hydrogen-bond acceptors (Lipinski definition) is 5. The van der Waals surface area contributed by atoms with Crippen LogP contribution in [0, 0.1) is 19.7 Å². The molecule has 1 unspecified atom stereocenters. The molecule has 130 valence electrons. The summed E-state index contributed by atoms with van der Waals surface area (Å²) in [6.45, 7) is 4.01. The summed E-state index contributed by atoms with van der Waals surface area (Å²) >= 11 is 5.64. The Morgan fingerprint density at radius 1 is 1.20 bits per heavy atom. The van der Waals surface area contributed by atoms with Crippen molar-refractivity contribution in [2.24, 2.45) is 0 Å². The number of aromatic nitrogens is 4. The monoisotopic (exact) mass is 361 g/mol. The topological polar surface area (TPSA) is 75.9 Å². The van der Waals surface area contributed by atoms with Gasteiger partial charge in [0.1, 0.15) is 11.6 Å². The van der Waals surface area contributed by atoms with Gasteiger partial charge < -0.3 is 10.4 Å². The number of hydrogen-bond donors (Lipinski definition) is 2. The third-order valence-electron chi connectivity index (χ3n) is 3.68. The van der Waals surface area contributed by atoms with Gasteiger partial charge in [0, 0.05) is 12.2 Å². The molecular formula is C17H17ClFN5O. The van der Waals surface area contributed by atoms with Gasteiger partial charge in [-0.3, -0.25) is 0 Å². The van der Waals surface area contributed by atoms with E-state index < -0.39 is 11.9 Å². The van der Waals surface area contributed by atoms with Crippen molar-refractivity contribution in [1.82, 2.24) is 20.0 Å². The first kappa shape index (κ1) is 17.3. The van der Waals surface area contributed by atoms with E-state index in [2.05, 4.69) is 20.6 Å². The number of aryl methyl sites for hydroxylation is 2. The van der Waals surface area contributed by atoms with Crippen molar-refractivity contribution in [3.05, 3.63) is 64.2 Å². The van der Waals surface area contributed by atoms with Gasteiger partial charge in [0.2, 0.25) is 0 Å². The highest BCUT2D eigenvalue weighted by atomic mass is 35.5. The predicted molar refractivity (Wildman–Crippen MR) is 93.5 cm³/mol. The number of benzene rings is 1. The average molecular weight is 362 g/mol. The van der Waals surface area contributed by atoms with E-state index in [1.165, 1.54) is 12.1 Å². The maximum Gasteiger partial charge on any atom is 0.176 e. The summed E-state index contributed by atoms with van der Waals surface area (Å²) in [4.78, 5) is 0. The molecule has 6 nitrogen and oxygen atoms in total. The lowest BCUT2D eigenvalue weighted by molar-refractivity contribution is 0.191. The van der Waals surface area contributed by atoms with Crippen molar-refractivity contribution >= 4 is 17.4 Å². The van der Waals surface area contributed by atoms with Gasteiger partial charge in [-0.2, -0.15) is 5.10 Å². The first-order chi connectivity index (χ1) is 11.9. The van der Waals surface area contributed by atoms with Crippen molar-refractivity contribution in [1.29, 1.82) is 0 Å². The average Bonchev–Trinajstić information content (AvgIpc) is 2.94. The van der Waals surface area contributed by atoms with Gasteiger partial charge in [-0.05, 0) is 49.7 Å². The zero-order valence-electron chi connectivity index (χ0n) is 13.7. The molecule has 2 aromatic heterocycles. The molecule has 0 aliphatic rings. The van der Waals surface area contributed by atoms with E-state index in [0.717, 1.165) is 11.4 Å². The zero-order valence-corrected chi connectivity index (χ0v) is 14.5. The Morgan fingerprint density at radius 3 is 2.60 bits per heavy atom. The lowest BCUT2D eigenvalue weighted by Crippen LogP contribution is -2.14. The fourth-order valence-corrected chi connectivity index (χ4v) is 2.55. The Morgan fingerprint density at radius 2 is 2.00 bits per heavy atom. The van der Waals surface area contributed by atoms with Crippen LogP contribution in [-0.2, 0) is 0 Å². The van der Waals surface area contributed by atoms with Gasteiger partial charge in [0.25, 0.3) is 0 Å². The van der Waals surface area contributed by atoms with Crippen LogP contribution in [0.1, 0.15) is 23.1 Å². The molecule has 1 aromatic carbocycles. The third-order valence-corrected chi connectivity index (χ3v) is 3.99. The molecule has 2 N–H and O–H groups in total. The minimum absolute atomic E-state index is 0.0227. The minimum atomic E-state index is -0.899. The molecule has 0 bridgehead atoms. The second-order valence-electron chi connectivity index (χ2n) is 5.69. The Balaban J connectivity index is 1.65. The van der Waals surface area contributed by atoms with E-state index in [4.69, 9.17) is 11.6 Å². The molecule has 2 heterocycles. The van der Waals surface area contributed by atoms with Crippen molar-refractivity contribution < 1.29 is 9.50 Å². The molecule has 1 atom stereocenters. The number of rotatable bonds is 5. The molecule has 0 saturated heterocycles. The van der Waals surface area contributed by atoms with E-state index >= 15 is 0 Å². The highest BCUT2D eigenvalue weighted by molar-refractivity contribution is 6.30. The molecule has 0 aliphatic heterocycles. The molecule has 0 aliphatic carbocycles. The first-order valence-electron chi connectivity index (χ1n) is 7.68. The lowest BCUT2D eigenvalue weighted by atomic mass is 10.1. The SMILES string of the molecule is Cc1cc(C)n(-c2ccc(NCC(O)c3ccc(Cl)c(F)c3)nn2)n1. The van der Waals surface area contributed by atoms with Crippen molar-refractivity contribution in [2.75, 3.05) is 11.9 Å². The summed E-state index contributed by atoms with van der Waals surface area (Å²) in [7, 11) is 0. The van der Waals surface area contributed by atoms with Crippen molar-refractivity contribution in [3.8, 4) is 5.82 Å². The summed E-state index contributed by atoms with van der Waals surface area (Å²) in [5.41, 5.74) is 2.30. The molecule has 0 amide bonds. The fourth-order valence-electron chi connectivity index (χ4n) is 2.43.